The summed E-state index contributed by atoms with van der Waals surface area (Å²) in [5.41, 5.74) is 6.58. The molecule has 2 N–H and O–H groups in total. The lowest BCUT2D eigenvalue weighted by Crippen LogP contribution is -2.51. The largest absolute Gasteiger partial charge is 0.467 e. The van der Waals surface area contributed by atoms with Crippen molar-refractivity contribution in [2.75, 3.05) is 20.2 Å². The summed E-state index contributed by atoms with van der Waals surface area (Å²) in [5.74, 6) is -0.197. The van der Waals surface area contributed by atoms with E-state index in [2.05, 4.69) is 0 Å². The number of hydrogen-bond donors (Lipinski definition) is 1. The van der Waals surface area contributed by atoms with E-state index in [-0.39, 0.29) is 12.5 Å². The molecule has 0 spiro atoms. The Hall–Kier alpha value is -2.08. The molecule has 1 aromatic carbocycles. The van der Waals surface area contributed by atoms with Crippen LogP contribution in [0.25, 0.3) is 0 Å². The van der Waals surface area contributed by atoms with Crippen LogP contribution in [0.1, 0.15) is 18.4 Å². The van der Waals surface area contributed by atoms with E-state index < -0.39 is 18.1 Å². The summed E-state index contributed by atoms with van der Waals surface area (Å²) in [6.07, 6.45) is 0.795. The number of rotatable bonds is 4. The molecule has 1 aliphatic heterocycles. The van der Waals surface area contributed by atoms with Crippen LogP contribution in [0.15, 0.2) is 30.3 Å². The summed E-state index contributed by atoms with van der Waals surface area (Å²) in [7, 11) is 1.32. The molecule has 120 valence electrons. The molecule has 1 saturated heterocycles. The molecule has 0 bridgehead atoms. The normalized spacial score (nSPS) is 21.3. The number of nitrogens with zero attached hydrogens (tertiary/aromatic N) is 1. The van der Waals surface area contributed by atoms with E-state index in [0.29, 0.717) is 19.5 Å². The first-order valence-corrected chi connectivity index (χ1v) is 7.41. The highest BCUT2D eigenvalue weighted by atomic mass is 16.6. The average molecular weight is 306 g/mol. The Kier molecular flexibility index (Phi) is 5.77. The highest BCUT2D eigenvalue weighted by molar-refractivity contribution is 5.81. The van der Waals surface area contributed by atoms with Gasteiger partial charge in [0.2, 0.25) is 0 Å². The standard InChI is InChI=1S/C16H22N2O4/c1-21-15(19)14-9-13(10-17)7-8-18(14)16(20)22-11-12-5-3-2-4-6-12/h2-6,13-14H,7-11,17H2,1H3/t13-,14-/m0/s1. The van der Waals surface area contributed by atoms with E-state index in [1.807, 2.05) is 30.3 Å². The van der Waals surface area contributed by atoms with E-state index in [4.69, 9.17) is 15.2 Å². The van der Waals surface area contributed by atoms with Crippen molar-refractivity contribution in [2.24, 2.45) is 11.7 Å². The van der Waals surface area contributed by atoms with Crippen molar-refractivity contribution in [3.8, 4) is 0 Å². The minimum absolute atomic E-state index is 0.185. The van der Waals surface area contributed by atoms with Gasteiger partial charge in [-0.25, -0.2) is 9.59 Å². The summed E-state index contributed by atoms with van der Waals surface area (Å²) in [5, 5.41) is 0. The third-order valence-corrected chi connectivity index (χ3v) is 3.96. The van der Waals surface area contributed by atoms with Crippen molar-refractivity contribution in [3.63, 3.8) is 0 Å². The Bertz CT molecular complexity index is 506. The topological polar surface area (TPSA) is 81.9 Å². The van der Waals surface area contributed by atoms with Gasteiger partial charge in [0.25, 0.3) is 0 Å². The zero-order chi connectivity index (χ0) is 15.9. The zero-order valence-electron chi connectivity index (χ0n) is 12.7. The highest BCUT2D eigenvalue weighted by Gasteiger charge is 2.37. The molecule has 1 aromatic rings. The number of benzene rings is 1. The fourth-order valence-electron chi connectivity index (χ4n) is 2.63. The minimum Gasteiger partial charge on any atom is -0.467 e. The van der Waals surface area contributed by atoms with Gasteiger partial charge in [-0.1, -0.05) is 30.3 Å². The molecule has 2 rings (SSSR count). The quantitative estimate of drug-likeness (QED) is 0.853. The van der Waals surface area contributed by atoms with Crippen molar-refractivity contribution in [1.82, 2.24) is 4.90 Å². The Morgan fingerprint density at radius 2 is 2.05 bits per heavy atom. The van der Waals surface area contributed by atoms with Crippen molar-refractivity contribution < 1.29 is 19.1 Å². The second kappa shape index (κ2) is 7.79. The van der Waals surface area contributed by atoms with E-state index in [1.165, 1.54) is 12.0 Å². The average Bonchev–Trinajstić information content (AvgIpc) is 2.59. The van der Waals surface area contributed by atoms with Crippen LogP contribution < -0.4 is 5.73 Å². The zero-order valence-corrected chi connectivity index (χ0v) is 12.7. The summed E-state index contributed by atoms with van der Waals surface area (Å²) < 4.78 is 10.1. The number of amides is 1. The maximum atomic E-state index is 12.3. The molecule has 1 aliphatic rings. The first-order valence-electron chi connectivity index (χ1n) is 7.41. The monoisotopic (exact) mass is 306 g/mol. The predicted octanol–water partition coefficient (Wildman–Crippen LogP) is 1.54. The van der Waals surface area contributed by atoms with Gasteiger partial charge < -0.3 is 15.2 Å². The number of likely N-dealkylation sites (tertiary alicyclic amines) is 1. The third-order valence-electron chi connectivity index (χ3n) is 3.96. The Balaban J connectivity index is 1.98. The van der Waals surface area contributed by atoms with Crippen LogP contribution in [0.4, 0.5) is 4.79 Å². The Labute approximate surface area is 130 Å². The van der Waals surface area contributed by atoms with E-state index in [1.54, 1.807) is 0 Å². The molecule has 0 aromatic heterocycles. The van der Waals surface area contributed by atoms with Crippen LogP contribution in [0, 0.1) is 5.92 Å². The molecule has 2 atom stereocenters. The summed E-state index contributed by atoms with van der Waals surface area (Å²) in [6, 6.07) is 8.81. The second-order valence-electron chi connectivity index (χ2n) is 5.40. The van der Waals surface area contributed by atoms with Gasteiger partial charge in [-0.15, -0.1) is 0 Å². The van der Waals surface area contributed by atoms with Gasteiger partial charge in [0.15, 0.2) is 0 Å². The second-order valence-corrected chi connectivity index (χ2v) is 5.40. The third kappa shape index (κ3) is 3.98. The van der Waals surface area contributed by atoms with Gasteiger partial charge in [0.05, 0.1) is 7.11 Å². The molecule has 6 heteroatoms. The summed E-state index contributed by atoms with van der Waals surface area (Å²) >= 11 is 0. The lowest BCUT2D eigenvalue weighted by molar-refractivity contribution is -0.148. The molecule has 1 amide bonds. The van der Waals surface area contributed by atoms with Gasteiger partial charge in [-0.2, -0.15) is 0 Å². The van der Waals surface area contributed by atoms with E-state index >= 15 is 0 Å². The number of ether oxygens (including phenoxy) is 2. The first-order chi connectivity index (χ1) is 10.7. The summed E-state index contributed by atoms with van der Waals surface area (Å²) in [4.78, 5) is 25.6. The molecular weight excluding hydrogens is 284 g/mol. The molecular formula is C16H22N2O4. The van der Waals surface area contributed by atoms with E-state index in [9.17, 15) is 9.59 Å². The first kappa shape index (κ1) is 16.3. The molecule has 1 heterocycles. The number of nitrogens with two attached hydrogens (primary N) is 1. The van der Waals surface area contributed by atoms with Crippen LogP contribution in [0.2, 0.25) is 0 Å². The van der Waals surface area contributed by atoms with Crippen molar-refractivity contribution in [2.45, 2.75) is 25.5 Å². The maximum absolute atomic E-state index is 12.3. The molecule has 0 unspecified atom stereocenters. The maximum Gasteiger partial charge on any atom is 0.410 e. The van der Waals surface area contributed by atoms with Gasteiger partial charge in [0.1, 0.15) is 12.6 Å². The number of esters is 1. The number of carbonyl (C=O) groups is 2. The smallest absolute Gasteiger partial charge is 0.410 e. The molecule has 0 aliphatic carbocycles. The number of methoxy groups -OCH3 is 1. The lowest BCUT2D eigenvalue weighted by atomic mass is 9.91. The highest BCUT2D eigenvalue weighted by Crippen LogP contribution is 2.24. The Morgan fingerprint density at radius 3 is 2.68 bits per heavy atom. The minimum atomic E-state index is -0.615. The van der Waals surface area contributed by atoms with Crippen LogP contribution in [-0.2, 0) is 20.9 Å². The molecule has 1 fully saturated rings. The van der Waals surface area contributed by atoms with Gasteiger partial charge >= 0.3 is 12.1 Å². The van der Waals surface area contributed by atoms with Crippen molar-refractivity contribution in [3.05, 3.63) is 35.9 Å². The predicted molar refractivity (Wildman–Crippen MR) is 80.9 cm³/mol. The van der Waals surface area contributed by atoms with Crippen LogP contribution in [0.3, 0.4) is 0 Å². The van der Waals surface area contributed by atoms with Crippen molar-refractivity contribution >= 4 is 12.1 Å². The fourth-order valence-corrected chi connectivity index (χ4v) is 2.63. The Morgan fingerprint density at radius 1 is 1.32 bits per heavy atom. The lowest BCUT2D eigenvalue weighted by Gasteiger charge is -2.36. The van der Waals surface area contributed by atoms with Gasteiger partial charge in [0, 0.05) is 6.54 Å². The number of carbonyl (C=O) groups excluding carboxylic acids is 2. The number of hydrogen-bond acceptors (Lipinski definition) is 5. The van der Waals surface area contributed by atoms with E-state index in [0.717, 1.165) is 12.0 Å². The van der Waals surface area contributed by atoms with Crippen LogP contribution >= 0.6 is 0 Å². The number of piperidine rings is 1. The molecule has 22 heavy (non-hydrogen) atoms. The fraction of sp³-hybridized carbons (Fsp3) is 0.500. The molecule has 0 saturated carbocycles. The molecule has 6 nitrogen and oxygen atoms in total. The van der Waals surface area contributed by atoms with Crippen molar-refractivity contribution in [1.29, 1.82) is 0 Å². The SMILES string of the molecule is COC(=O)[C@@H]1C[C@@H](CN)CCN1C(=O)OCc1ccccc1. The van der Waals surface area contributed by atoms with Crippen LogP contribution in [0.5, 0.6) is 0 Å². The molecule has 0 radical (unpaired) electrons. The van der Waals surface area contributed by atoms with Gasteiger partial charge in [-0.3, -0.25) is 4.90 Å². The summed E-state index contributed by atoms with van der Waals surface area (Å²) in [6.45, 7) is 1.14. The van der Waals surface area contributed by atoms with Gasteiger partial charge in [-0.05, 0) is 30.9 Å². The van der Waals surface area contributed by atoms with Crippen LogP contribution in [-0.4, -0.2) is 43.2 Å².